The summed E-state index contributed by atoms with van der Waals surface area (Å²) in [6.45, 7) is 2.84. The molecule has 5 nitrogen and oxygen atoms in total. The maximum Gasteiger partial charge on any atom is 0.376 e. The van der Waals surface area contributed by atoms with Gasteiger partial charge in [0, 0.05) is 11.6 Å². The van der Waals surface area contributed by atoms with Crippen molar-refractivity contribution in [2.75, 3.05) is 6.61 Å². The minimum Gasteiger partial charge on any atom is -0.507 e. The predicted octanol–water partition coefficient (Wildman–Crippen LogP) is 3.98. The Kier molecular flexibility index (Phi) is 8.50. The second kappa shape index (κ2) is 10.4. The van der Waals surface area contributed by atoms with E-state index in [2.05, 4.69) is 6.92 Å². The highest BCUT2D eigenvalue weighted by atomic mass is 16.5. The maximum atomic E-state index is 11.0. The fourth-order valence-electron chi connectivity index (χ4n) is 2.06. The second-order valence-electron chi connectivity index (χ2n) is 5.34. The molecule has 0 aliphatic heterocycles. The Labute approximate surface area is 136 Å². The molecule has 0 saturated heterocycles. The van der Waals surface area contributed by atoms with Crippen molar-refractivity contribution < 1.29 is 24.5 Å². The normalized spacial score (nSPS) is 11.3. The van der Waals surface area contributed by atoms with Gasteiger partial charge in [-0.1, -0.05) is 39.0 Å². The Morgan fingerprint density at radius 1 is 1.00 bits per heavy atom. The second-order valence-corrected chi connectivity index (χ2v) is 5.34. The van der Waals surface area contributed by atoms with Gasteiger partial charge in [0.1, 0.15) is 11.5 Å². The van der Waals surface area contributed by atoms with Crippen LogP contribution in [-0.2, 0) is 9.59 Å². The quantitative estimate of drug-likeness (QED) is 0.279. The number of ether oxygens (including phenoxy) is 1. The average molecular weight is 320 g/mol. The Balaban J connectivity index is 2.39. The smallest absolute Gasteiger partial charge is 0.376 e. The number of aliphatic carboxylic acids is 1. The summed E-state index contributed by atoms with van der Waals surface area (Å²) in [5.74, 6) is -2.46. The first-order chi connectivity index (χ1) is 11.0. The molecule has 1 aromatic carbocycles. The van der Waals surface area contributed by atoms with Gasteiger partial charge in [0.25, 0.3) is 5.78 Å². The third kappa shape index (κ3) is 7.49. The van der Waals surface area contributed by atoms with E-state index >= 15 is 0 Å². The van der Waals surface area contributed by atoms with E-state index in [1.807, 2.05) is 0 Å². The van der Waals surface area contributed by atoms with E-state index < -0.39 is 11.8 Å². The molecule has 0 fully saturated rings. The van der Waals surface area contributed by atoms with E-state index in [4.69, 9.17) is 9.84 Å². The number of aliphatic hydroxyl groups is 1. The molecule has 0 radical (unpaired) electrons. The molecular formula is C18H24O5. The van der Waals surface area contributed by atoms with Gasteiger partial charge >= 0.3 is 5.97 Å². The van der Waals surface area contributed by atoms with E-state index in [1.165, 1.54) is 25.7 Å². The van der Waals surface area contributed by atoms with Crippen LogP contribution in [0.25, 0.3) is 5.76 Å². The van der Waals surface area contributed by atoms with Crippen LogP contribution in [0.1, 0.15) is 51.0 Å². The van der Waals surface area contributed by atoms with Crippen LogP contribution in [0.2, 0.25) is 0 Å². The van der Waals surface area contributed by atoms with Gasteiger partial charge in [-0.05, 0) is 30.7 Å². The van der Waals surface area contributed by atoms with Crippen molar-refractivity contribution in [3.63, 3.8) is 0 Å². The van der Waals surface area contributed by atoms with Gasteiger partial charge in [0.15, 0.2) is 0 Å². The summed E-state index contributed by atoms with van der Waals surface area (Å²) in [4.78, 5) is 21.4. The molecule has 0 atom stereocenters. The first kappa shape index (κ1) is 18.7. The van der Waals surface area contributed by atoms with Gasteiger partial charge < -0.3 is 14.9 Å². The van der Waals surface area contributed by atoms with Gasteiger partial charge in [-0.15, -0.1) is 0 Å². The molecule has 0 spiro atoms. The number of carboxylic acid groups (broad SMARTS) is 1. The lowest BCUT2D eigenvalue weighted by molar-refractivity contribution is -0.146. The first-order valence-corrected chi connectivity index (χ1v) is 7.95. The van der Waals surface area contributed by atoms with Crippen LogP contribution in [0.15, 0.2) is 30.3 Å². The summed E-state index contributed by atoms with van der Waals surface area (Å²) in [5, 5.41) is 18.2. The van der Waals surface area contributed by atoms with E-state index in [0.717, 1.165) is 12.8 Å². The minimum atomic E-state index is -1.60. The number of hydrogen-bond acceptors (Lipinski definition) is 4. The van der Waals surface area contributed by atoms with E-state index in [0.29, 0.717) is 24.0 Å². The molecule has 2 N–H and O–H groups in total. The van der Waals surface area contributed by atoms with E-state index in [9.17, 15) is 14.7 Å². The lowest BCUT2D eigenvalue weighted by Crippen LogP contribution is -2.09. The van der Waals surface area contributed by atoms with E-state index in [-0.39, 0.29) is 5.76 Å². The molecule has 0 bridgehead atoms. The molecule has 126 valence electrons. The van der Waals surface area contributed by atoms with Gasteiger partial charge in [0.05, 0.1) is 6.61 Å². The lowest BCUT2D eigenvalue weighted by Gasteiger charge is -2.07. The summed E-state index contributed by atoms with van der Waals surface area (Å²) in [6.07, 6.45) is 7.86. The number of carbonyl (C=O) groups is 2. The SMILES string of the molecule is CCCCCCCCOc1ccc(C(O)=CC(=O)C(=O)O)cc1. The van der Waals surface area contributed by atoms with E-state index in [1.54, 1.807) is 24.3 Å². The first-order valence-electron chi connectivity index (χ1n) is 7.95. The monoisotopic (exact) mass is 320 g/mol. The van der Waals surface area contributed by atoms with Crippen LogP contribution < -0.4 is 4.74 Å². The Morgan fingerprint density at radius 2 is 1.61 bits per heavy atom. The third-order valence-corrected chi connectivity index (χ3v) is 3.40. The zero-order valence-electron chi connectivity index (χ0n) is 13.5. The highest BCUT2D eigenvalue weighted by Gasteiger charge is 2.10. The molecule has 0 aliphatic rings. The average Bonchev–Trinajstić information content (AvgIpc) is 2.54. The summed E-state index contributed by atoms with van der Waals surface area (Å²) in [6, 6.07) is 6.53. The number of rotatable bonds is 11. The minimum absolute atomic E-state index is 0.367. The maximum absolute atomic E-state index is 11.0. The van der Waals surface area contributed by atoms with Crippen LogP contribution in [0.4, 0.5) is 0 Å². The van der Waals surface area contributed by atoms with Crippen molar-refractivity contribution in [3.05, 3.63) is 35.9 Å². The predicted molar refractivity (Wildman–Crippen MR) is 88.6 cm³/mol. The Bertz CT molecular complexity index is 531. The highest BCUT2D eigenvalue weighted by molar-refractivity contribution is 6.38. The standard InChI is InChI=1S/C18H24O5/c1-2-3-4-5-6-7-12-23-15-10-8-14(9-11-15)16(19)13-17(20)18(21)22/h8-11,13,19H,2-7,12H2,1H3,(H,21,22). The molecule has 1 rings (SSSR count). The molecule has 0 heterocycles. The van der Waals surface area contributed by atoms with Crippen LogP contribution in [-0.4, -0.2) is 28.6 Å². The van der Waals surface area contributed by atoms with Gasteiger partial charge in [-0.3, -0.25) is 4.79 Å². The number of aliphatic hydroxyl groups excluding tert-OH is 1. The summed E-state index contributed by atoms with van der Waals surface area (Å²) >= 11 is 0. The molecule has 1 aromatic rings. The molecule has 23 heavy (non-hydrogen) atoms. The molecule has 0 aromatic heterocycles. The molecule has 5 heteroatoms. The summed E-state index contributed by atoms with van der Waals surface area (Å²) in [7, 11) is 0. The molecule has 0 unspecified atom stereocenters. The summed E-state index contributed by atoms with van der Waals surface area (Å²) < 4.78 is 5.60. The van der Waals surface area contributed by atoms with Crippen LogP contribution in [0, 0.1) is 0 Å². The van der Waals surface area contributed by atoms with Gasteiger partial charge in [-0.25, -0.2) is 4.79 Å². The molecule has 0 saturated carbocycles. The fraction of sp³-hybridized carbons (Fsp3) is 0.444. The molecule has 0 aliphatic carbocycles. The summed E-state index contributed by atoms with van der Waals surface area (Å²) in [5.41, 5.74) is 0.367. The van der Waals surface area contributed by atoms with Crippen molar-refractivity contribution in [1.29, 1.82) is 0 Å². The van der Waals surface area contributed by atoms with Gasteiger partial charge in [0.2, 0.25) is 0 Å². The zero-order chi connectivity index (χ0) is 17.1. The van der Waals surface area contributed by atoms with Crippen LogP contribution in [0.3, 0.4) is 0 Å². The van der Waals surface area contributed by atoms with Crippen molar-refractivity contribution in [2.24, 2.45) is 0 Å². The number of unbranched alkanes of at least 4 members (excludes halogenated alkanes) is 5. The third-order valence-electron chi connectivity index (χ3n) is 3.40. The lowest BCUT2D eigenvalue weighted by atomic mass is 10.1. The molecule has 0 amide bonds. The Morgan fingerprint density at radius 3 is 2.22 bits per heavy atom. The van der Waals surface area contributed by atoms with Crippen molar-refractivity contribution in [1.82, 2.24) is 0 Å². The number of carboxylic acids is 1. The van der Waals surface area contributed by atoms with Crippen molar-refractivity contribution >= 4 is 17.5 Å². The number of ketones is 1. The zero-order valence-corrected chi connectivity index (χ0v) is 13.5. The van der Waals surface area contributed by atoms with Crippen LogP contribution >= 0.6 is 0 Å². The number of benzene rings is 1. The number of carbonyl (C=O) groups excluding carboxylic acids is 1. The number of hydrogen-bond donors (Lipinski definition) is 2. The Hall–Kier alpha value is -2.30. The van der Waals surface area contributed by atoms with Crippen molar-refractivity contribution in [3.8, 4) is 5.75 Å². The molecular weight excluding hydrogens is 296 g/mol. The van der Waals surface area contributed by atoms with Crippen LogP contribution in [0.5, 0.6) is 5.75 Å². The largest absolute Gasteiger partial charge is 0.507 e. The highest BCUT2D eigenvalue weighted by Crippen LogP contribution is 2.17. The fourth-order valence-corrected chi connectivity index (χ4v) is 2.06. The van der Waals surface area contributed by atoms with Crippen molar-refractivity contribution in [2.45, 2.75) is 45.4 Å². The van der Waals surface area contributed by atoms with Gasteiger partial charge in [-0.2, -0.15) is 0 Å². The topological polar surface area (TPSA) is 83.8 Å².